The van der Waals surface area contributed by atoms with Gasteiger partial charge in [0.25, 0.3) is 0 Å². The highest BCUT2D eigenvalue weighted by Gasteiger charge is 2.49. The molecular formula is C15H13ClO5. The van der Waals surface area contributed by atoms with Gasteiger partial charge in [0.15, 0.2) is 11.4 Å². The molecule has 0 unspecified atom stereocenters. The highest BCUT2D eigenvalue weighted by atomic mass is 35.5. The summed E-state index contributed by atoms with van der Waals surface area (Å²) in [6, 6.07) is 5.00. The number of furan rings is 1. The van der Waals surface area contributed by atoms with E-state index in [0.717, 1.165) is 5.39 Å². The minimum atomic E-state index is -0.433. The standard InChI is InChI=1S/C15H13ClO5/c16-12-6-9(5-8-1-3-20-14(8)12)13(18)10-7-11(10)15(19)21-4-2-17/h1,3,5-6,10-11,17H,2,4,7H2/t10-,11-/m0/s1. The average molecular weight is 309 g/mol. The van der Waals surface area contributed by atoms with Crippen molar-refractivity contribution in [1.82, 2.24) is 0 Å². The Labute approximate surface area is 125 Å². The van der Waals surface area contributed by atoms with Crippen LogP contribution in [0.1, 0.15) is 16.8 Å². The SMILES string of the molecule is O=C(OCCO)[C@H]1C[C@@H]1C(=O)c1cc(Cl)c2occc2c1. The van der Waals surface area contributed by atoms with Crippen LogP contribution in [0.15, 0.2) is 28.9 Å². The zero-order chi connectivity index (χ0) is 15.0. The number of esters is 1. The van der Waals surface area contributed by atoms with E-state index in [-0.39, 0.29) is 24.9 Å². The second kappa shape index (κ2) is 5.50. The average Bonchev–Trinajstić information content (AvgIpc) is 3.13. The first-order chi connectivity index (χ1) is 10.1. The van der Waals surface area contributed by atoms with Gasteiger partial charge in [0.2, 0.25) is 0 Å². The summed E-state index contributed by atoms with van der Waals surface area (Å²) in [6.07, 6.45) is 1.99. The fraction of sp³-hybridized carbons (Fsp3) is 0.333. The largest absolute Gasteiger partial charge is 0.463 e. The molecule has 0 saturated heterocycles. The number of halogens is 1. The molecule has 0 spiro atoms. The topological polar surface area (TPSA) is 76.7 Å². The summed E-state index contributed by atoms with van der Waals surface area (Å²) in [5.74, 6) is -1.33. The highest BCUT2D eigenvalue weighted by Crippen LogP contribution is 2.42. The van der Waals surface area contributed by atoms with Gasteiger partial charge in [0, 0.05) is 16.9 Å². The number of hydrogen-bond donors (Lipinski definition) is 1. The summed E-state index contributed by atoms with van der Waals surface area (Å²) >= 11 is 6.07. The van der Waals surface area contributed by atoms with E-state index in [1.165, 1.54) is 6.26 Å². The van der Waals surface area contributed by atoms with Gasteiger partial charge in [-0.05, 0) is 24.6 Å². The molecule has 1 aliphatic rings. The number of benzene rings is 1. The number of ketones is 1. The predicted octanol–water partition coefficient (Wildman–Crippen LogP) is 2.44. The fourth-order valence-electron chi connectivity index (χ4n) is 2.39. The Morgan fingerprint density at radius 1 is 1.38 bits per heavy atom. The molecule has 2 atom stereocenters. The minimum absolute atomic E-state index is 0.0386. The molecule has 1 heterocycles. The molecule has 0 aliphatic heterocycles. The van der Waals surface area contributed by atoms with Crippen molar-refractivity contribution < 1.29 is 23.8 Å². The zero-order valence-electron chi connectivity index (χ0n) is 11.0. The Balaban J connectivity index is 1.75. The van der Waals surface area contributed by atoms with Gasteiger partial charge >= 0.3 is 5.97 Å². The second-order valence-electron chi connectivity index (χ2n) is 5.00. The van der Waals surface area contributed by atoms with Gasteiger partial charge in [-0.25, -0.2) is 0 Å². The molecule has 2 aromatic rings. The van der Waals surface area contributed by atoms with Crippen LogP contribution in [-0.4, -0.2) is 30.1 Å². The van der Waals surface area contributed by atoms with E-state index in [0.29, 0.717) is 22.6 Å². The van der Waals surface area contributed by atoms with Crippen LogP contribution in [0.25, 0.3) is 11.0 Å². The van der Waals surface area contributed by atoms with E-state index >= 15 is 0 Å². The van der Waals surface area contributed by atoms with Crippen LogP contribution in [0.2, 0.25) is 5.02 Å². The summed E-state index contributed by atoms with van der Waals surface area (Å²) in [6.45, 7) is -0.257. The van der Waals surface area contributed by atoms with Crippen molar-refractivity contribution in [3.63, 3.8) is 0 Å². The predicted molar refractivity (Wildman–Crippen MR) is 75.2 cm³/mol. The first kappa shape index (κ1) is 14.1. The van der Waals surface area contributed by atoms with Crippen LogP contribution in [-0.2, 0) is 9.53 Å². The van der Waals surface area contributed by atoms with Gasteiger partial charge in [-0.15, -0.1) is 0 Å². The Morgan fingerprint density at radius 2 is 2.19 bits per heavy atom. The molecule has 21 heavy (non-hydrogen) atoms. The number of Topliss-reactive ketones (excluding diaryl/α,β-unsaturated/α-hetero) is 1. The third-order valence-corrected chi connectivity index (χ3v) is 3.84. The van der Waals surface area contributed by atoms with Crippen LogP contribution >= 0.6 is 11.6 Å². The van der Waals surface area contributed by atoms with Gasteiger partial charge in [-0.3, -0.25) is 9.59 Å². The number of rotatable bonds is 5. The molecule has 1 aromatic heterocycles. The molecule has 0 amide bonds. The molecule has 1 N–H and O–H groups in total. The van der Waals surface area contributed by atoms with E-state index in [1.807, 2.05) is 0 Å². The zero-order valence-corrected chi connectivity index (χ0v) is 11.8. The molecule has 1 aliphatic carbocycles. The number of carbonyl (C=O) groups is 2. The van der Waals surface area contributed by atoms with Gasteiger partial charge in [-0.1, -0.05) is 11.6 Å². The number of aliphatic hydroxyl groups excluding tert-OH is 1. The van der Waals surface area contributed by atoms with Gasteiger partial charge < -0.3 is 14.3 Å². The maximum absolute atomic E-state index is 12.4. The lowest BCUT2D eigenvalue weighted by atomic mass is 10.0. The molecule has 1 fully saturated rings. The van der Waals surface area contributed by atoms with Crippen LogP contribution in [0.5, 0.6) is 0 Å². The van der Waals surface area contributed by atoms with E-state index in [4.69, 9.17) is 25.9 Å². The lowest BCUT2D eigenvalue weighted by Gasteiger charge is -2.03. The molecule has 0 bridgehead atoms. The Morgan fingerprint density at radius 3 is 2.95 bits per heavy atom. The van der Waals surface area contributed by atoms with E-state index in [1.54, 1.807) is 18.2 Å². The third kappa shape index (κ3) is 2.66. The monoisotopic (exact) mass is 308 g/mol. The van der Waals surface area contributed by atoms with Crippen LogP contribution in [0.3, 0.4) is 0 Å². The van der Waals surface area contributed by atoms with E-state index < -0.39 is 11.9 Å². The van der Waals surface area contributed by atoms with Crippen LogP contribution in [0, 0.1) is 11.8 Å². The van der Waals surface area contributed by atoms with Crippen LogP contribution in [0.4, 0.5) is 0 Å². The summed E-state index contributed by atoms with van der Waals surface area (Å²) < 4.78 is 10.1. The smallest absolute Gasteiger partial charge is 0.309 e. The third-order valence-electron chi connectivity index (χ3n) is 3.56. The van der Waals surface area contributed by atoms with Crippen molar-refractivity contribution in [3.8, 4) is 0 Å². The lowest BCUT2D eigenvalue weighted by Crippen LogP contribution is -2.14. The summed E-state index contributed by atoms with van der Waals surface area (Å²) in [5.41, 5.74) is 1.01. The van der Waals surface area contributed by atoms with Crippen molar-refractivity contribution in [2.75, 3.05) is 13.2 Å². The molecule has 5 nitrogen and oxygen atoms in total. The number of fused-ring (bicyclic) bond motifs is 1. The van der Waals surface area contributed by atoms with Gasteiger partial charge in [-0.2, -0.15) is 0 Å². The fourth-order valence-corrected chi connectivity index (χ4v) is 2.66. The van der Waals surface area contributed by atoms with Crippen molar-refractivity contribution in [3.05, 3.63) is 35.0 Å². The van der Waals surface area contributed by atoms with Crippen molar-refractivity contribution in [1.29, 1.82) is 0 Å². The summed E-state index contributed by atoms with van der Waals surface area (Å²) in [5, 5.41) is 9.74. The molecule has 1 saturated carbocycles. The van der Waals surface area contributed by atoms with E-state index in [9.17, 15) is 9.59 Å². The van der Waals surface area contributed by atoms with Gasteiger partial charge in [0.05, 0.1) is 23.8 Å². The number of hydrogen-bond acceptors (Lipinski definition) is 5. The first-order valence-corrected chi connectivity index (χ1v) is 6.98. The van der Waals surface area contributed by atoms with Crippen molar-refractivity contribution in [2.45, 2.75) is 6.42 Å². The molecule has 1 aromatic carbocycles. The Hall–Kier alpha value is -1.85. The Bertz CT molecular complexity index is 705. The maximum atomic E-state index is 12.4. The minimum Gasteiger partial charge on any atom is -0.463 e. The van der Waals surface area contributed by atoms with Crippen molar-refractivity contribution in [2.24, 2.45) is 11.8 Å². The molecular weight excluding hydrogens is 296 g/mol. The highest BCUT2D eigenvalue weighted by molar-refractivity contribution is 6.35. The number of aliphatic hydroxyl groups is 1. The number of carbonyl (C=O) groups excluding carboxylic acids is 2. The first-order valence-electron chi connectivity index (χ1n) is 6.60. The van der Waals surface area contributed by atoms with Crippen LogP contribution < -0.4 is 0 Å². The molecule has 6 heteroatoms. The second-order valence-corrected chi connectivity index (χ2v) is 5.41. The molecule has 3 rings (SSSR count). The maximum Gasteiger partial charge on any atom is 0.309 e. The molecule has 110 valence electrons. The van der Waals surface area contributed by atoms with E-state index in [2.05, 4.69) is 0 Å². The summed E-state index contributed by atoms with van der Waals surface area (Å²) in [4.78, 5) is 24.0. The Kier molecular flexibility index (Phi) is 3.69. The van der Waals surface area contributed by atoms with Gasteiger partial charge in [0.1, 0.15) is 6.61 Å². The number of ether oxygens (including phenoxy) is 1. The van der Waals surface area contributed by atoms with Crippen molar-refractivity contribution >= 4 is 34.3 Å². The summed E-state index contributed by atoms with van der Waals surface area (Å²) in [7, 11) is 0. The lowest BCUT2D eigenvalue weighted by molar-refractivity contribution is -0.146. The normalized spacial score (nSPS) is 20.5. The quantitative estimate of drug-likeness (QED) is 0.678. The molecule has 0 radical (unpaired) electrons.